The van der Waals surface area contributed by atoms with E-state index in [1.165, 1.54) is 6.26 Å². The molecule has 0 amide bonds. The molecule has 2 aromatic heterocycles. The second-order valence-electron chi connectivity index (χ2n) is 3.75. The highest BCUT2D eigenvalue weighted by Crippen LogP contribution is 2.15. The van der Waals surface area contributed by atoms with Gasteiger partial charge in [-0.3, -0.25) is 0 Å². The highest BCUT2D eigenvalue weighted by atomic mass is 16.5. The predicted molar refractivity (Wildman–Crippen MR) is 68.4 cm³/mol. The zero-order valence-corrected chi connectivity index (χ0v) is 10.4. The van der Waals surface area contributed by atoms with Crippen molar-refractivity contribution in [1.82, 2.24) is 4.98 Å². The Balaban J connectivity index is 1.98. The van der Waals surface area contributed by atoms with E-state index in [-0.39, 0.29) is 5.76 Å². The normalized spacial score (nSPS) is 10.2. The van der Waals surface area contributed by atoms with E-state index in [1.54, 1.807) is 18.3 Å². The number of ether oxygens (including phenoxy) is 1. The highest BCUT2D eigenvalue weighted by molar-refractivity contribution is 5.86. The molecule has 100 valence electrons. The Morgan fingerprint density at radius 1 is 1.47 bits per heavy atom. The molecule has 0 aliphatic heterocycles. The van der Waals surface area contributed by atoms with Crippen molar-refractivity contribution in [2.75, 3.05) is 11.9 Å². The average molecular weight is 262 g/mol. The number of hydrogen-bond acceptors (Lipinski definition) is 5. The van der Waals surface area contributed by atoms with Crippen molar-refractivity contribution >= 4 is 11.7 Å². The first-order valence-corrected chi connectivity index (χ1v) is 5.83. The van der Waals surface area contributed by atoms with Crippen LogP contribution in [0.4, 0.5) is 5.69 Å². The van der Waals surface area contributed by atoms with Gasteiger partial charge in [0.05, 0.1) is 24.8 Å². The Labute approximate surface area is 110 Å². The maximum Gasteiger partial charge on any atom is 0.372 e. The van der Waals surface area contributed by atoms with Gasteiger partial charge >= 0.3 is 5.97 Å². The number of nitrogens with one attached hydrogen (secondary N) is 1. The topological polar surface area (TPSA) is 84.6 Å². The summed E-state index contributed by atoms with van der Waals surface area (Å²) in [5, 5.41) is 12.0. The van der Waals surface area contributed by atoms with Crippen molar-refractivity contribution in [3.8, 4) is 5.88 Å². The highest BCUT2D eigenvalue weighted by Gasteiger charge is 2.13. The number of rotatable bonds is 6. The van der Waals surface area contributed by atoms with Crippen molar-refractivity contribution in [3.63, 3.8) is 0 Å². The first-order valence-electron chi connectivity index (χ1n) is 5.83. The Hall–Kier alpha value is -2.50. The summed E-state index contributed by atoms with van der Waals surface area (Å²) in [5.41, 5.74) is 1.36. The summed E-state index contributed by atoms with van der Waals surface area (Å²) in [6, 6.07) is 5.19. The van der Waals surface area contributed by atoms with Crippen LogP contribution in [0, 0.1) is 0 Å². The van der Waals surface area contributed by atoms with E-state index in [1.807, 2.05) is 13.0 Å². The lowest BCUT2D eigenvalue weighted by Gasteiger charge is -2.06. The molecule has 0 atom stereocenters. The third kappa shape index (κ3) is 3.25. The maximum absolute atomic E-state index is 10.9. The summed E-state index contributed by atoms with van der Waals surface area (Å²) >= 11 is 0. The molecule has 0 unspecified atom stereocenters. The fourth-order valence-corrected chi connectivity index (χ4v) is 1.58. The van der Waals surface area contributed by atoms with Gasteiger partial charge in [-0.25, -0.2) is 9.78 Å². The number of aromatic carboxylic acids is 1. The lowest BCUT2D eigenvalue weighted by Crippen LogP contribution is -2.05. The Morgan fingerprint density at radius 3 is 2.95 bits per heavy atom. The lowest BCUT2D eigenvalue weighted by atomic mass is 10.2. The summed E-state index contributed by atoms with van der Waals surface area (Å²) in [7, 11) is 0. The molecule has 0 saturated heterocycles. The van der Waals surface area contributed by atoms with Gasteiger partial charge in [0.1, 0.15) is 0 Å². The molecule has 2 rings (SSSR count). The van der Waals surface area contributed by atoms with Crippen LogP contribution in [-0.4, -0.2) is 22.7 Å². The van der Waals surface area contributed by atoms with Gasteiger partial charge in [0, 0.05) is 18.2 Å². The number of furan rings is 1. The number of nitrogens with zero attached hydrogens (tertiary/aromatic N) is 1. The van der Waals surface area contributed by atoms with E-state index in [0.29, 0.717) is 24.6 Å². The van der Waals surface area contributed by atoms with Crippen LogP contribution in [0.5, 0.6) is 5.88 Å². The van der Waals surface area contributed by atoms with E-state index >= 15 is 0 Å². The van der Waals surface area contributed by atoms with E-state index in [0.717, 1.165) is 5.69 Å². The van der Waals surface area contributed by atoms with Crippen LogP contribution in [-0.2, 0) is 6.54 Å². The minimum Gasteiger partial charge on any atom is -0.478 e. The van der Waals surface area contributed by atoms with E-state index in [9.17, 15) is 4.79 Å². The smallest absolute Gasteiger partial charge is 0.372 e. The molecular weight excluding hydrogens is 248 g/mol. The van der Waals surface area contributed by atoms with Crippen LogP contribution < -0.4 is 10.1 Å². The standard InChI is InChI=1S/C13H14N2O4/c1-2-18-11-4-3-10(8-15-11)14-7-9-5-6-19-12(9)13(16)17/h3-6,8,14H,2,7H2,1H3,(H,16,17). The van der Waals surface area contributed by atoms with Crippen LogP contribution in [0.15, 0.2) is 35.1 Å². The Bertz CT molecular complexity index is 548. The molecule has 2 heterocycles. The molecule has 6 nitrogen and oxygen atoms in total. The zero-order chi connectivity index (χ0) is 13.7. The second kappa shape index (κ2) is 5.90. The molecule has 0 aliphatic rings. The van der Waals surface area contributed by atoms with Crippen LogP contribution in [0.1, 0.15) is 23.0 Å². The van der Waals surface area contributed by atoms with Crippen molar-refractivity contribution in [2.45, 2.75) is 13.5 Å². The van der Waals surface area contributed by atoms with Gasteiger partial charge in [-0.1, -0.05) is 0 Å². The largest absolute Gasteiger partial charge is 0.478 e. The number of anilines is 1. The SMILES string of the molecule is CCOc1ccc(NCc2ccoc2C(=O)O)cn1. The molecule has 0 aromatic carbocycles. The number of carbonyl (C=O) groups is 1. The average Bonchev–Trinajstić information content (AvgIpc) is 2.87. The van der Waals surface area contributed by atoms with Crippen LogP contribution >= 0.6 is 0 Å². The van der Waals surface area contributed by atoms with Gasteiger partial charge in [0.15, 0.2) is 0 Å². The van der Waals surface area contributed by atoms with E-state index in [2.05, 4.69) is 10.3 Å². The third-order valence-electron chi connectivity index (χ3n) is 2.45. The number of aromatic nitrogens is 1. The van der Waals surface area contributed by atoms with Gasteiger partial charge in [0.2, 0.25) is 11.6 Å². The van der Waals surface area contributed by atoms with Gasteiger partial charge < -0.3 is 19.6 Å². The van der Waals surface area contributed by atoms with Crippen LogP contribution in [0.25, 0.3) is 0 Å². The first kappa shape index (κ1) is 12.9. The summed E-state index contributed by atoms with van der Waals surface area (Å²) in [6.07, 6.45) is 2.99. The summed E-state index contributed by atoms with van der Waals surface area (Å²) in [5.74, 6) is -0.569. The summed E-state index contributed by atoms with van der Waals surface area (Å²) in [4.78, 5) is 15.0. The minimum atomic E-state index is -1.08. The Kier molecular flexibility index (Phi) is 4.02. The molecule has 6 heteroatoms. The fraction of sp³-hybridized carbons (Fsp3) is 0.231. The third-order valence-corrected chi connectivity index (χ3v) is 2.45. The van der Waals surface area contributed by atoms with E-state index < -0.39 is 5.97 Å². The number of pyridine rings is 1. The van der Waals surface area contributed by atoms with Crippen molar-refractivity contribution < 1.29 is 19.1 Å². The van der Waals surface area contributed by atoms with Gasteiger partial charge in [-0.05, 0) is 19.1 Å². The minimum absolute atomic E-state index is 0.0496. The predicted octanol–water partition coefficient (Wildman–Crippen LogP) is 2.38. The second-order valence-corrected chi connectivity index (χ2v) is 3.75. The maximum atomic E-state index is 10.9. The molecule has 0 saturated carbocycles. The molecule has 0 spiro atoms. The number of hydrogen-bond donors (Lipinski definition) is 2. The Morgan fingerprint density at radius 2 is 2.32 bits per heavy atom. The van der Waals surface area contributed by atoms with E-state index in [4.69, 9.17) is 14.3 Å². The molecule has 0 bridgehead atoms. The number of carboxylic acids is 1. The van der Waals surface area contributed by atoms with Crippen molar-refractivity contribution in [1.29, 1.82) is 0 Å². The molecule has 2 N–H and O–H groups in total. The van der Waals surface area contributed by atoms with Gasteiger partial charge in [-0.15, -0.1) is 0 Å². The summed E-state index contributed by atoms with van der Waals surface area (Å²) < 4.78 is 10.1. The zero-order valence-electron chi connectivity index (χ0n) is 10.4. The molecule has 0 aliphatic carbocycles. The quantitative estimate of drug-likeness (QED) is 0.831. The van der Waals surface area contributed by atoms with Crippen molar-refractivity contribution in [2.24, 2.45) is 0 Å². The van der Waals surface area contributed by atoms with Gasteiger partial charge in [-0.2, -0.15) is 0 Å². The summed E-state index contributed by atoms with van der Waals surface area (Å²) in [6.45, 7) is 2.81. The van der Waals surface area contributed by atoms with Crippen LogP contribution in [0.2, 0.25) is 0 Å². The molecule has 2 aromatic rings. The number of carboxylic acid groups (broad SMARTS) is 1. The molecule has 0 fully saturated rings. The first-order chi connectivity index (χ1) is 9.20. The fourth-order valence-electron chi connectivity index (χ4n) is 1.58. The molecule has 0 radical (unpaired) electrons. The molecule has 19 heavy (non-hydrogen) atoms. The molecular formula is C13H14N2O4. The monoisotopic (exact) mass is 262 g/mol. The van der Waals surface area contributed by atoms with Gasteiger partial charge in [0.25, 0.3) is 0 Å². The van der Waals surface area contributed by atoms with Crippen LogP contribution in [0.3, 0.4) is 0 Å². The lowest BCUT2D eigenvalue weighted by molar-refractivity contribution is 0.0661. The van der Waals surface area contributed by atoms with Crippen molar-refractivity contribution in [3.05, 3.63) is 42.0 Å².